The lowest BCUT2D eigenvalue weighted by Gasteiger charge is -2.46. The van der Waals surface area contributed by atoms with Gasteiger partial charge in [-0.15, -0.1) is 0 Å². The number of rotatable bonds is 6. The van der Waals surface area contributed by atoms with Crippen LogP contribution < -0.4 is 16.0 Å². The largest absolute Gasteiger partial charge is 0.511 e. The van der Waals surface area contributed by atoms with E-state index in [1.165, 1.54) is 0 Å². The molecular formula is C25H29N3O8. The van der Waals surface area contributed by atoms with Gasteiger partial charge in [-0.1, -0.05) is 6.58 Å². The zero-order valence-corrected chi connectivity index (χ0v) is 20.0. The predicted molar refractivity (Wildman–Crippen MR) is 129 cm³/mol. The summed E-state index contributed by atoms with van der Waals surface area (Å²) in [5.41, 5.74) is 3.08. The second-order valence-corrected chi connectivity index (χ2v) is 9.58. The van der Waals surface area contributed by atoms with Gasteiger partial charge in [0.15, 0.2) is 11.4 Å². The number of carbonyl (C=O) groups excluding carboxylic acids is 3. The lowest BCUT2D eigenvalue weighted by Crippen LogP contribution is -2.57. The minimum absolute atomic E-state index is 0.0586. The molecule has 0 heterocycles. The SMILES string of the molecule is C=C(NCCO)c1cc(N(C)C)c2c(c1O)C(=O)C1=C(O)[C@]3(O)C(=O)C(C(N)=O)=C(O)C[C@@H]3CC1C2. The number of benzene rings is 1. The van der Waals surface area contributed by atoms with Crippen LogP contribution in [0.25, 0.3) is 5.70 Å². The van der Waals surface area contributed by atoms with Gasteiger partial charge in [0, 0.05) is 55.5 Å². The van der Waals surface area contributed by atoms with Crippen LogP contribution in [0.5, 0.6) is 5.75 Å². The molecule has 0 radical (unpaired) electrons. The van der Waals surface area contributed by atoms with Crippen LogP contribution in [-0.4, -0.2) is 75.9 Å². The average molecular weight is 500 g/mol. The predicted octanol–water partition coefficient (Wildman–Crippen LogP) is 0.199. The van der Waals surface area contributed by atoms with Gasteiger partial charge in [-0.25, -0.2) is 0 Å². The zero-order chi connectivity index (χ0) is 26.7. The van der Waals surface area contributed by atoms with E-state index in [2.05, 4.69) is 11.9 Å². The molecule has 1 amide bonds. The van der Waals surface area contributed by atoms with E-state index in [4.69, 9.17) is 10.8 Å². The van der Waals surface area contributed by atoms with Gasteiger partial charge in [-0.2, -0.15) is 0 Å². The van der Waals surface area contributed by atoms with E-state index in [9.17, 15) is 34.8 Å². The van der Waals surface area contributed by atoms with Crippen LogP contribution in [0.2, 0.25) is 0 Å². The molecule has 1 unspecified atom stereocenters. The Hall–Kier alpha value is -3.83. The number of aromatic hydroxyl groups is 1. The number of fused-ring (bicyclic) bond motifs is 3. The number of hydrogen-bond acceptors (Lipinski definition) is 10. The summed E-state index contributed by atoms with van der Waals surface area (Å²) in [4.78, 5) is 40.4. The first kappa shape index (κ1) is 25.3. The highest BCUT2D eigenvalue weighted by molar-refractivity contribution is 6.24. The van der Waals surface area contributed by atoms with Gasteiger partial charge in [0.25, 0.3) is 5.91 Å². The van der Waals surface area contributed by atoms with E-state index in [0.717, 1.165) is 0 Å². The van der Waals surface area contributed by atoms with Crippen molar-refractivity contribution in [3.05, 3.63) is 52.0 Å². The molecule has 0 fully saturated rings. The summed E-state index contributed by atoms with van der Waals surface area (Å²) in [5.74, 6) is -6.75. The summed E-state index contributed by atoms with van der Waals surface area (Å²) in [6, 6.07) is 1.67. The second kappa shape index (κ2) is 8.68. The van der Waals surface area contributed by atoms with Crippen molar-refractivity contribution in [1.82, 2.24) is 5.32 Å². The molecule has 8 N–H and O–H groups in total. The number of nitrogens with zero attached hydrogens (tertiary/aromatic N) is 1. The number of carbonyl (C=O) groups is 3. The first-order chi connectivity index (χ1) is 16.9. The number of amides is 1. The molecule has 192 valence electrons. The van der Waals surface area contributed by atoms with Crippen LogP contribution in [0.15, 0.2) is 35.3 Å². The Labute approximate surface area is 206 Å². The Kier molecular flexibility index (Phi) is 6.09. The topological polar surface area (TPSA) is 194 Å². The van der Waals surface area contributed by atoms with Crippen molar-refractivity contribution in [3.8, 4) is 5.75 Å². The molecule has 1 aromatic carbocycles. The molecule has 3 atom stereocenters. The Morgan fingerprint density at radius 3 is 2.50 bits per heavy atom. The number of phenolic OH excluding ortho intramolecular Hbond substituents is 1. The number of aliphatic hydroxyl groups excluding tert-OH is 3. The van der Waals surface area contributed by atoms with Crippen molar-refractivity contribution in [3.63, 3.8) is 0 Å². The Morgan fingerprint density at radius 2 is 1.92 bits per heavy atom. The standard InChI is InChI=1S/C25H29N3O8/c1-10(27-4-5-29)13-9-15(28(2)3)14-7-11-6-12-8-16(30)19(24(26)35)23(34)25(12,36)22(33)17(11)21(32)18(14)20(13)31/h9,11-12,27,29-31,33,36H,1,4-8H2,2-3H3,(H2,26,35)/t11?,12-,25-/m0/s1. The molecule has 11 heteroatoms. The van der Waals surface area contributed by atoms with Crippen LogP contribution in [0.4, 0.5) is 5.69 Å². The monoisotopic (exact) mass is 499 g/mol. The third kappa shape index (κ3) is 3.46. The molecule has 1 aromatic rings. The summed E-state index contributed by atoms with van der Waals surface area (Å²) in [7, 11) is 3.53. The number of allylic oxidation sites excluding steroid dienone is 2. The minimum atomic E-state index is -2.61. The number of ketones is 2. The van der Waals surface area contributed by atoms with Gasteiger partial charge >= 0.3 is 0 Å². The summed E-state index contributed by atoms with van der Waals surface area (Å²) in [6.07, 6.45) is -0.0220. The van der Waals surface area contributed by atoms with Gasteiger partial charge < -0.3 is 41.5 Å². The summed E-state index contributed by atoms with van der Waals surface area (Å²) in [5, 5.41) is 55.9. The third-order valence-corrected chi connectivity index (χ3v) is 7.30. The maximum Gasteiger partial charge on any atom is 0.255 e. The molecule has 0 saturated carbocycles. The zero-order valence-electron chi connectivity index (χ0n) is 20.0. The smallest absolute Gasteiger partial charge is 0.255 e. The highest BCUT2D eigenvalue weighted by Crippen LogP contribution is 2.53. The number of phenols is 1. The van der Waals surface area contributed by atoms with Crippen LogP contribution >= 0.6 is 0 Å². The molecule has 0 saturated heterocycles. The third-order valence-electron chi connectivity index (χ3n) is 7.30. The summed E-state index contributed by atoms with van der Waals surface area (Å²) in [6.45, 7) is 3.85. The van der Waals surface area contributed by atoms with Gasteiger partial charge in [-0.05, 0) is 30.4 Å². The van der Waals surface area contributed by atoms with Crippen molar-refractivity contribution in [2.24, 2.45) is 17.6 Å². The lowest BCUT2D eigenvalue weighted by atomic mass is 9.60. The van der Waals surface area contributed by atoms with E-state index < -0.39 is 57.8 Å². The van der Waals surface area contributed by atoms with Crippen molar-refractivity contribution in [2.75, 3.05) is 32.1 Å². The van der Waals surface area contributed by atoms with Crippen molar-refractivity contribution in [2.45, 2.75) is 24.9 Å². The van der Waals surface area contributed by atoms with E-state index in [0.29, 0.717) is 11.3 Å². The van der Waals surface area contributed by atoms with Gasteiger partial charge in [0.2, 0.25) is 5.78 Å². The molecule has 0 aliphatic heterocycles. The van der Waals surface area contributed by atoms with Crippen molar-refractivity contribution >= 4 is 28.9 Å². The molecule has 11 nitrogen and oxygen atoms in total. The Balaban J connectivity index is 1.91. The number of hydrogen-bond donors (Lipinski definition) is 7. The second-order valence-electron chi connectivity index (χ2n) is 9.58. The van der Waals surface area contributed by atoms with Crippen LogP contribution in [-0.2, 0) is 16.0 Å². The first-order valence-corrected chi connectivity index (χ1v) is 11.4. The maximum absolute atomic E-state index is 13.8. The number of anilines is 1. The van der Waals surface area contributed by atoms with Crippen LogP contribution in [0.1, 0.15) is 34.3 Å². The van der Waals surface area contributed by atoms with E-state index >= 15 is 0 Å². The molecule has 0 spiro atoms. The molecule has 3 aliphatic carbocycles. The quantitative estimate of drug-likeness (QED) is 0.266. The van der Waals surface area contributed by atoms with E-state index in [1.54, 1.807) is 25.1 Å². The molecule has 4 rings (SSSR count). The molecule has 3 aliphatic rings. The number of nitrogens with one attached hydrogen (secondary N) is 1. The fourth-order valence-corrected chi connectivity index (χ4v) is 5.60. The van der Waals surface area contributed by atoms with E-state index in [-0.39, 0.29) is 54.8 Å². The highest BCUT2D eigenvalue weighted by Gasteiger charge is 2.59. The normalized spacial score (nSPS) is 25.2. The Bertz CT molecular complexity index is 1280. The average Bonchev–Trinajstić information content (AvgIpc) is 2.79. The fourth-order valence-electron chi connectivity index (χ4n) is 5.60. The number of nitrogens with two attached hydrogens (primary N) is 1. The number of aliphatic hydroxyl groups is 4. The highest BCUT2D eigenvalue weighted by atomic mass is 16.3. The molecular weight excluding hydrogens is 470 g/mol. The molecule has 36 heavy (non-hydrogen) atoms. The van der Waals surface area contributed by atoms with Crippen molar-refractivity contribution in [1.29, 1.82) is 0 Å². The van der Waals surface area contributed by atoms with Gasteiger partial charge in [0.05, 0.1) is 12.2 Å². The van der Waals surface area contributed by atoms with E-state index in [1.807, 2.05) is 0 Å². The van der Waals surface area contributed by atoms with Crippen LogP contribution in [0, 0.1) is 11.8 Å². The minimum Gasteiger partial charge on any atom is -0.511 e. The summed E-state index contributed by atoms with van der Waals surface area (Å²) >= 11 is 0. The number of Topliss-reactive ketones (excluding diaryl/α,β-unsaturated/α-hetero) is 2. The lowest BCUT2D eigenvalue weighted by molar-refractivity contribution is -0.144. The number of primary amides is 1. The molecule has 0 bridgehead atoms. The fraction of sp³-hybridized carbons (Fsp3) is 0.400. The first-order valence-electron chi connectivity index (χ1n) is 11.4. The summed E-state index contributed by atoms with van der Waals surface area (Å²) < 4.78 is 0. The van der Waals surface area contributed by atoms with Crippen LogP contribution in [0.3, 0.4) is 0 Å². The van der Waals surface area contributed by atoms with Gasteiger partial charge in [-0.3, -0.25) is 14.4 Å². The van der Waals surface area contributed by atoms with Gasteiger partial charge in [0.1, 0.15) is 22.8 Å². The van der Waals surface area contributed by atoms with Crippen molar-refractivity contribution < 1.29 is 39.9 Å². The Morgan fingerprint density at radius 1 is 1.25 bits per heavy atom. The maximum atomic E-state index is 13.8. The molecule has 0 aromatic heterocycles.